The molecule has 2 aliphatic rings. The maximum Gasteiger partial charge on any atom is 0.286 e. The van der Waals surface area contributed by atoms with Gasteiger partial charge in [-0.3, -0.25) is 44.4 Å². The average Bonchev–Trinajstić information content (AvgIpc) is 3.82. The largest absolute Gasteiger partial charge is 0.378 e. The highest BCUT2D eigenvalue weighted by Gasteiger charge is 2.32. The van der Waals surface area contributed by atoms with Gasteiger partial charge in [0.05, 0.1) is 16.1 Å². The fourth-order valence-electron chi connectivity index (χ4n) is 7.37. The number of carbonyl (C=O) groups excluding carboxylic acids is 6. The van der Waals surface area contributed by atoms with Gasteiger partial charge in [-0.1, -0.05) is 108 Å². The van der Waals surface area contributed by atoms with Crippen molar-refractivity contribution in [2.75, 3.05) is 33.1 Å². The van der Waals surface area contributed by atoms with Crippen molar-refractivity contribution in [3.05, 3.63) is 179 Å². The van der Waals surface area contributed by atoms with Crippen LogP contribution < -0.4 is 15.5 Å². The Hall–Kier alpha value is -7.03. The number of hydrogen-bond acceptors (Lipinski definition) is 10. The monoisotopic (exact) mass is 904 g/mol. The number of benzene rings is 5. The van der Waals surface area contributed by atoms with E-state index in [2.05, 4.69) is 27.8 Å². The minimum atomic E-state index is -0.367. The topological polar surface area (TPSA) is 149 Å². The molecule has 14 heteroatoms. The van der Waals surface area contributed by atoms with E-state index < -0.39 is 0 Å². The van der Waals surface area contributed by atoms with Gasteiger partial charge in [-0.05, 0) is 106 Å². The van der Waals surface area contributed by atoms with Gasteiger partial charge in [-0.15, -0.1) is 0 Å². The predicted octanol–water partition coefficient (Wildman–Crippen LogP) is 8.50. The van der Waals surface area contributed by atoms with Crippen LogP contribution in [0, 0.1) is 0 Å². The molecule has 6 amide bonds. The summed E-state index contributed by atoms with van der Waals surface area (Å²) in [5, 5.41) is 3.35. The molecule has 0 spiro atoms. The lowest BCUT2D eigenvalue weighted by Crippen LogP contribution is -2.26. The highest BCUT2D eigenvalue weighted by Crippen LogP contribution is 2.28. The Morgan fingerprint density at radius 3 is 1.38 bits per heavy atom. The highest BCUT2D eigenvalue weighted by molar-refractivity contribution is 8.15. The SMILES string of the molecule is CN(Cc1cccc(-c2ccc(CC3SC(=O)NC3=O)cc2)c1)C(=O)c1ccc(N(C)C)cc1.CN(Cc1cccc(-c2ccc(CC3SC(=O)NC3=O)cc2)c1)C(=O)c1cccnc1. The van der Waals surface area contributed by atoms with Crippen LogP contribution >= 0.6 is 23.5 Å². The standard InChI is InChI=1S/C27H27N3O3S.C24H21N3O3S/c1-29(2)23-13-11-21(12-14-23)26(32)30(3)17-19-5-4-6-22(15-19)20-9-7-18(8-10-20)16-24-25(31)28-27(33)34-24;1-27(23(29)20-6-3-11-25-14-20)15-17-4-2-5-19(12-17)18-9-7-16(8-10-18)13-21-22(28)26-24(30)31-21/h4-15,24H,16-17H2,1-3H3,(H,28,31,33);2-12,14,21H,13,15H2,1H3,(H,26,28,30). The molecule has 2 fully saturated rings. The summed E-state index contributed by atoms with van der Waals surface area (Å²) in [6, 6.07) is 43.3. The Morgan fingerprint density at radius 1 is 0.523 bits per heavy atom. The molecule has 3 heterocycles. The molecule has 2 aliphatic heterocycles. The summed E-state index contributed by atoms with van der Waals surface area (Å²) in [6.45, 7) is 0.990. The first-order chi connectivity index (χ1) is 31.3. The molecule has 2 atom stereocenters. The van der Waals surface area contributed by atoms with E-state index in [0.29, 0.717) is 37.1 Å². The van der Waals surface area contributed by atoms with Gasteiger partial charge >= 0.3 is 0 Å². The van der Waals surface area contributed by atoms with E-state index in [9.17, 15) is 28.8 Å². The van der Waals surface area contributed by atoms with Crippen molar-refractivity contribution in [2.24, 2.45) is 0 Å². The van der Waals surface area contributed by atoms with Crippen molar-refractivity contribution in [1.82, 2.24) is 25.4 Å². The van der Waals surface area contributed by atoms with Crippen LogP contribution in [0.5, 0.6) is 0 Å². The van der Waals surface area contributed by atoms with Gasteiger partial charge in [-0.2, -0.15) is 0 Å². The number of thioether (sulfide) groups is 2. The Balaban J connectivity index is 0.000000195. The smallest absolute Gasteiger partial charge is 0.286 e. The molecule has 5 aromatic carbocycles. The zero-order valence-electron chi connectivity index (χ0n) is 36.4. The van der Waals surface area contributed by atoms with Gasteiger partial charge in [0, 0.05) is 64.9 Å². The molecule has 8 rings (SSSR count). The summed E-state index contributed by atoms with van der Waals surface area (Å²) in [6.07, 6.45) is 4.25. The van der Waals surface area contributed by atoms with E-state index in [1.54, 1.807) is 41.4 Å². The van der Waals surface area contributed by atoms with E-state index >= 15 is 0 Å². The molecule has 2 N–H and O–H groups in total. The van der Waals surface area contributed by atoms with Crippen LogP contribution in [0.2, 0.25) is 0 Å². The first-order valence-electron chi connectivity index (χ1n) is 20.9. The molecule has 330 valence electrons. The third-order valence-corrected chi connectivity index (χ3v) is 12.8. The van der Waals surface area contributed by atoms with Crippen molar-refractivity contribution in [3.63, 3.8) is 0 Å². The highest BCUT2D eigenvalue weighted by atomic mass is 32.2. The van der Waals surface area contributed by atoms with Gasteiger partial charge in [0.1, 0.15) is 0 Å². The molecular formula is C51H48N6O6S2. The molecule has 0 radical (unpaired) electrons. The molecule has 0 saturated carbocycles. The first kappa shape index (κ1) is 46.0. The molecular weight excluding hydrogens is 857 g/mol. The summed E-state index contributed by atoms with van der Waals surface area (Å²) < 4.78 is 0. The number of nitrogens with zero attached hydrogens (tertiary/aromatic N) is 4. The number of imide groups is 2. The number of hydrogen-bond donors (Lipinski definition) is 2. The van der Waals surface area contributed by atoms with Crippen LogP contribution in [0.3, 0.4) is 0 Å². The molecule has 12 nitrogen and oxygen atoms in total. The molecule has 2 saturated heterocycles. The number of aromatic nitrogens is 1. The van der Waals surface area contributed by atoms with Crippen LogP contribution in [-0.2, 0) is 35.5 Å². The molecule has 6 aromatic rings. The minimum absolute atomic E-state index is 0.0210. The summed E-state index contributed by atoms with van der Waals surface area (Å²) in [5.74, 6) is -0.543. The Bertz CT molecular complexity index is 2700. The quantitative estimate of drug-likeness (QED) is 0.116. The Morgan fingerprint density at radius 2 is 0.985 bits per heavy atom. The van der Waals surface area contributed by atoms with Crippen LogP contribution in [0.15, 0.2) is 146 Å². The second-order valence-corrected chi connectivity index (χ2v) is 18.3. The number of pyridine rings is 1. The number of rotatable bonds is 13. The van der Waals surface area contributed by atoms with Crippen LogP contribution in [-0.4, -0.2) is 87.6 Å². The van der Waals surface area contributed by atoms with Crippen molar-refractivity contribution in [2.45, 2.75) is 36.4 Å². The van der Waals surface area contributed by atoms with Crippen molar-refractivity contribution >= 4 is 63.3 Å². The van der Waals surface area contributed by atoms with E-state index in [4.69, 9.17) is 0 Å². The predicted molar refractivity (Wildman–Crippen MR) is 258 cm³/mol. The second kappa shape index (κ2) is 21.1. The second-order valence-electron chi connectivity index (χ2n) is 16.0. The Kier molecular flexibility index (Phi) is 14.9. The molecule has 0 bridgehead atoms. The summed E-state index contributed by atoms with van der Waals surface area (Å²) in [4.78, 5) is 81.1. The van der Waals surface area contributed by atoms with Crippen molar-refractivity contribution in [1.29, 1.82) is 0 Å². The zero-order chi connectivity index (χ0) is 46.0. The summed E-state index contributed by atoms with van der Waals surface area (Å²) >= 11 is 2.09. The Labute approximate surface area is 386 Å². The van der Waals surface area contributed by atoms with Gasteiger partial charge in [-0.25, -0.2) is 0 Å². The van der Waals surface area contributed by atoms with E-state index in [1.165, 1.54) is 0 Å². The number of nitrogens with one attached hydrogen (secondary N) is 2. The first-order valence-corrected chi connectivity index (χ1v) is 22.6. The van der Waals surface area contributed by atoms with Gasteiger partial charge in [0.25, 0.3) is 22.3 Å². The number of amides is 6. The van der Waals surface area contributed by atoms with Crippen LogP contribution in [0.25, 0.3) is 22.3 Å². The van der Waals surface area contributed by atoms with Crippen molar-refractivity contribution in [3.8, 4) is 22.3 Å². The number of carbonyl (C=O) groups is 6. The van der Waals surface area contributed by atoms with Crippen molar-refractivity contribution < 1.29 is 28.8 Å². The van der Waals surface area contributed by atoms with E-state index in [0.717, 1.165) is 73.7 Å². The maximum atomic E-state index is 12.9. The van der Waals surface area contributed by atoms with E-state index in [1.807, 2.05) is 135 Å². The lowest BCUT2D eigenvalue weighted by molar-refractivity contribution is -0.119. The summed E-state index contributed by atoms with van der Waals surface area (Å²) in [5.41, 5.74) is 10.6. The fourth-order valence-corrected chi connectivity index (χ4v) is 9.09. The minimum Gasteiger partial charge on any atom is -0.378 e. The molecule has 65 heavy (non-hydrogen) atoms. The van der Waals surface area contributed by atoms with E-state index in [-0.39, 0.29) is 44.6 Å². The lowest BCUT2D eigenvalue weighted by atomic mass is 10.00. The third kappa shape index (κ3) is 12.2. The normalized spacial score (nSPS) is 15.4. The summed E-state index contributed by atoms with van der Waals surface area (Å²) in [7, 11) is 7.53. The molecule has 0 aliphatic carbocycles. The third-order valence-electron chi connectivity index (χ3n) is 10.9. The van der Waals surface area contributed by atoms with Crippen LogP contribution in [0.4, 0.5) is 15.3 Å². The average molecular weight is 905 g/mol. The number of anilines is 1. The maximum absolute atomic E-state index is 12.9. The van der Waals surface area contributed by atoms with Gasteiger partial charge in [0.2, 0.25) is 11.8 Å². The zero-order valence-corrected chi connectivity index (χ0v) is 38.0. The van der Waals surface area contributed by atoms with Crippen LogP contribution in [0.1, 0.15) is 43.0 Å². The molecule has 2 unspecified atom stereocenters. The fraction of sp³-hybridized carbons (Fsp3) is 0.196. The van der Waals surface area contributed by atoms with Gasteiger partial charge in [0.15, 0.2) is 0 Å². The lowest BCUT2D eigenvalue weighted by Gasteiger charge is -2.19. The van der Waals surface area contributed by atoms with Gasteiger partial charge < -0.3 is 14.7 Å². The molecule has 1 aromatic heterocycles.